The number of nitrogens with zero attached hydrogens (tertiary/aromatic N) is 1. The molecule has 1 aliphatic heterocycles. The molecule has 2 aromatic rings. The molecule has 0 saturated heterocycles. The lowest BCUT2D eigenvalue weighted by atomic mass is 9.90. The van der Waals surface area contributed by atoms with Crippen molar-refractivity contribution in [3.05, 3.63) is 64.7 Å². The van der Waals surface area contributed by atoms with E-state index in [9.17, 15) is 23.2 Å². The maximum absolute atomic E-state index is 14.1. The summed E-state index contributed by atoms with van der Waals surface area (Å²) in [5.41, 5.74) is 1.08. The van der Waals surface area contributed by atoms with Gasteiger partial charge in [-0.25, -0.2) is 13.6 Å². The van der Waals surface area contributed by atoms with E-state index in [1.54, 1.807) is 4.90 Å². The van der Waals surface area contributed by atoms with Gasteiger partial charge in [-0.1, -0.05) is 24.3 Å². The highest BCUT2D eigenvalue weighted by molar-refractivity contribution is 5.95. The van der Waals surface area contributed by atoms with Crippen LogP contribution in [0.25, 0.3) is 0 Å². The van der Waals surface area contributed by atoms with Crippen LogP contribution in [0.5, 0.6) is 0 Å². The SMILES string of the molecule is COC(=O)c1cc(NC(=O)CC2c3ccccc3CCN2C(C)=O)c(F)cc1F. The van der Waals surface area contributed by atoms with Gasteiger partial charge < -0.3 is 15.0 Å². The molecule has 152 valence electrons. The number of rotatable bonds is 4. The minimum atomic E-state index is -1.09. The first kappa shape index (κ1) is 20.4. The van der Waals surface area contributed by atoms with Crippen LogP contribution in [-0.4, -0.2) is 36.3 Å². The Morgan fingerprint density at radius 3 is 2.59 bits per heavy atom. The standard InChI is InChI=1S/C21H20F2N2O4/c1-12(26)25-8-7-13-5-3-4-6-14(13)19(25)11-20(27)24-18-9-15(21(28)29-2)16(22)10-17(18)23/h3-6,9-10,19H,7-8,11H2,1-2H3,(H,24,27). The molecule has 0 aliphatic carbocycles. The predicted octanol–water partition coefficient (Wildman–Crippen LogP) is 3.23. The summed E-state index contributed by atoms with van der Waals surface area (Å²) in [6.45, 7) is 1.91. The number of anilines is 1. The molecule has 0 fully saturated rings. The van der Waals surface area contributed by atoms with Crippen LogP contribution in [0.1, 0.15) is 40.9 Å². The van der Waals surface area contributed by atoms with Gasteiger partial charge in [0.2, 0.25) is 11.8 Å². The maximum Gasteiger partial charge on any atom is 0.340 e. The first-order valence-electron chi connectivity index (χ1n) is 9.04. The number of hydrogen-bond acceptors (Lipinski definition) is 4. The molecule has 2 aromatic carbocycles. The van der Waals surface area contributed by atoms with Crippen LogP contribution in [-0.2, 0) is 20.7 Å². The average Bonchev–Trinajstić information content (AvgIpc) is 2.69. The normalized spacial score (nSPS) is 15.4. The Hall–Kier alpha value is -3.29. The molecule has 0 spiro atoms. The van der Waals surface area contributed by atoms with Gasteiger partial charge in [0, 0.05) is 19.5 Å². The fourth-order valence-corrected chi connectivity index (χ4v) is 3.54. The molecule has 1 atom stereocenters. The molecule has 8 heteroatoms. The summed E-state index contributed by atoms with van der Waals surface area (Å²) in [4.78, 5) is 37.9. The predicted molar refractivity (Wildman–Crippen MR) is 101 cm³/mol. The van der Waals surface area contributed by atoms with Crippen LogP contribution in [0.3, 0.4) is 0 Å². The molecule has 1 unspecified atom stereocenters. The lowest BCUT2D eigenvalue weighted by molar-refractivity contribution is -0.132. The van der Waals surface area contributed by atoms with E-state index in [4.69, 9.17) is 0 Å². The van der Waals surface area contributed by atoms with Crippen LogP contribution in [0.4, 0.5) is 14.5 Å². The van der Waals surface area contributed by atoms with Gasteiger partial charge in [-0.3, -0.25) is 9.59 Å². The second kappa shape index (κ2) is 8.38. The third-order valence-corrected chi connectivity index (χ3v) is 4.93. The summed E-state index contributed by atoms with van der Waals surface area (Å²) >= 11 is 0. The van der Waals surface area contributed by atoms with Crippen molar-refractivity contribution in [1.29, 1.82) is 0 Å². The topological polar surface area (TPSA) is 75.7 Å². The van der Waals surface area contributed by atoms with E-state index >= 15 is 0 Å². The van der Waals surface area contributed by atoms with Crippen LogP contribution >= 0.6 is 0 Å². The van der Waals surface area contributed by atoms with Crippen molar-refractivity contribution in [3.8, 4) is 0 Å². The molecule has 0 saturated carbocycles. The van der Waals surface area contributed by atoms with Crippen molar-refractivity contribution in [2.24, 2.45) is 0 Å². The quantitative estimate of drug-likeness (QED) is 0.797. The highest BCUT2D eigenvalue weighted by Gasteiger charge is 2.31. The zero-order valence-electron chi connectivity index (χ0n) is 16.0. The Balaban J connectivity index is 1.85. The first-order valence-corrected chi connectivity index (χ1v) is 9.04. The summed E-state index contributed by atoms with van der Waals surface area (Å²) in [6, 6.07) is 8.43. The van der Waals surface area contributed by atoms with Crippen LogP contribution in [0.2, 0.25) is 0 Å². The number of methoxy groups -OCH3 is 1. The zero-order chi connectivity index (χ0) is 21.1. The largest absolute Gasteiger partial charge is 0.465 e. The maximum atomic E-state index is 14.1. The van der Waals surface area contributed by atoms with Crippen molar-refractivity contribution < 1.29 is 27.9 Å². The van der Waals surface area contributed by atoms with E-state index < -0.39 is 35.1 Å². The minimum Gasteiger partial charge on any atom is -0.465 e. The highest BCUT2D eigenvalue weighted by Crippen LogP contribution is 2.33. The fourth-order valence-electron chi connectivity index (χ4n) is 3.54. The van der Waals surface area contributed by atoms with Crippen LogP contribution in [0, 0.1) is 11.6 Å². The van der Waals surface area contributed by atoms with Crippen molar-refractivity contribution in [2.45, 2.75) is 25.8 Å². The number of halogens is 2. The Bertz CT molecular complexity index is 977. The summed E-state index contributed by atoms with van der Waals surface area (Å²) in [5.74, 6) is -3.83. The van der Waals surface area contributed by atoms with Gasteiger partial charge >= 0.3 is 5.97 Å². The molecular weight excluding hydrogens is 382 g/mol. The number of ether oxygens (including phenoxy) is 1. The molecule has 29 heavy (non-hydrogen) atoms. The Kier molecular flexibility index (Phi) is 5.91. The van der Waals surface area contributed by atoms with Gasteiger partial charge in [0.1, 0.15) is 11.6 Å². The molecule has 2 amide bonds. The minimum absolute atomic E-state index is 0.110. The molecule has 1 aliphatic rings. The Labute approximate surface area is 166 Å². The summed E-state index contributed by atoms with van der Waals surface area (Å²) in [7, 11) is 1.07. The number of benzene rings is 2. The van der Waals surface area contributed by atoms with Gasteiger partial charge in [-0.15, -0.1) is 0 Å². The molecule has 1 heterocycles. The molecular formula is C21H20F2N2O4. The number of amides is 2. The molecule has 3 rings (SSSR count). The second-order valence-electron chi connectivity index (χ2n) is 6.73. The molecule has 0 aromatic heterocycles. The van der Waals surface area contributed by atoms with E-state index in [2.05, 4.69) is 10.1 Å². The Morgan fingerprint density at radius 1 is 1.17 bits per heavy atom. The fraction of sp³-hybridized carbons (Fsp3) is 0.286. The van der Waals surface area contributed by atoms with Crippen molar-refractivity contribution in [2.75, 3.05) is 19.0 Å². The monoisotopic (exact) mass is 402 g/mol. The van der Waals surface area contributed by atoms with E-state index in [0.717, 1.165) is 24.3 Å². The van der Waals surface area contributed by atoms with E-state index in [-0.39, 0.29) is 18.0 Å². The van der Waals surface area contributed by atoms with Gasteiger partial charge in [0.05, 0.1) is 30.8 Å². The molecule has 0 bridgehead atoms. The average molecular weight is 402 g/mol. The number of carbonyl (C=O) groups is 3. The van der Waals surface area contributed by atoms with E-state index in [1.807, 2.05) is 24.3 Å². The van der Waals surface area contributed by atoms with E-state index in [1.165, 1.54) is 6.92 Å². The van der Waals surface area contributed by atoms with Gasteiger partial charge in [0.25, 0.3) is 0 Å². The third kappa shape index (κ3) is 4.26. The van der Waals surface area contributed by atoms with E-state index in [0.29, 0.717) is 19.0 Å². The van der Waals surface area contributed by atoms with Gasteiger partial charge in [-0.2, -0.15) is 0 Å². The van der Waals surface area contributed by atoms with Gasteiger partial charge in [-0.05, 0) is 23.6 Å². The summed E-state index contributed by atoms with van der Waals surface area (Å²) in [5, 5.41) is 2.37. The van der Waals surface area contributed by atoms with Crippen LogP contribution in [0.15, 0.2) is 36.4 Å². The summed E-state index contributed by atoms with van der Waals surface area (Å²) in [6.07, 6.45) is 0.573. The number of esters is 1. The number of hydrogen-bond donors (Lipinski definition) is 1. The highest BCUT2D eigenvalue weighted by atomic mass is 19.1. The zero-order valence-corrected chi connectivity index (χ0v) is 16.0. The Morgan fingerprint density at radius 2 is 1.90 bits per heavy atom. The first-order chi connectivity index (χ1) is 13.8. The second-order valence-corrected chi connectivity index (χ2v) is 6.73. The molecule has 1 N–H and O–H groups in total. The van der Waals surface area contributed by atoms with Crippen molar-refractivity contribution >= 4 is 23.5 Å². The van der Waals surface area contributed by atoms with Crippen molar-refractivity contribution in [1.82, 2.24) is 4.90 Å². The number of fused-ring (bicyclic) bond motifs is 1. The number of carbonyl (C=O) groups excluding carboxylic acids is 3. The number of nitrogens with one attached hydrogen (secondary N) is 1. The lowest BCUT2D eigenvalue weighted by Crippen LogP contribution is -2.40. The molecule has 6 nitrogen and oxygen atoms in total. The third-order valence-electron chi connectivity index (χ3n) is 4.93. The van der Waals surface area contributed by atoms with Crippen LogP contribution < -0.4 is 5.32 Å². The van der Waals surface area contributed by atoms with Crippen molar-refractivity contribution in [3.63, 3.8) is 0 Å². The smallest absolute Gasteiger partial charge is 0.340 e. The van der Waals surface area contributed by atoms with Gasteiger partial charge in [0.15, 0.2) is 0 Å². The summed E-state index contributed by atoms with van der Waals surface area (Å²) < 4.78 is 32.4. The molecule has 0 radical (unpaired) electrons. The lowest BCUT2D eigenvalue weighted by Gasteiger charge is -2.36.